The molecular weight excluding hydrogens is 224 g/mol. The van der Waals surface area contributed by atoms with Crippen molar-refractivity contribution in [2.24, 2.45) is 12.8 Å². The number of hydrogen-bond donors (Lipinski definition) is 1. The van der Waals surface area contributed by atoms with E-state index in [-0.39, 0.29) is 0 Å². The van der Waals surface area contributed by atoms with E-state index < -0.39 is 17.7 Å². The quantitative estimate of drug-likeness (QED) is 0.868. The second kappa shape index (κ2) is 4.25. The van der Waals surface area contributed by atoms with Crippen LogP contribution in [0.15, 0.2) is 24.4 Å². The first-order valence-corrected chi connectivity index (χ1v) is 5.19. The standard InChI is InChI=1S/C12H13F2N3/c1-7-9(6-17(2)16-7)12(15)8-3-4-10(13)11(14)5-8/h3-6,12H,15H2,1-2H3. The summed E-state index contributed by atoms with van der Waals surface area (Å²) in [4.78, 5) is 0. The Labute approximate surface area is 97.9 Å². The lowest BCUT2D eigenvalue weighted by Crippen LogP contribution is -2.12. The Bertz CT molecular complexity index is 549. The van der Waals surface area contributed by atoms with Crippen molar-refractivity contribution < 1.29 is 8.78 Å². The summed E-state index contributed by atoms with van der Waals surface area (Å²) in [6.07, 6.45) is 1.78. The number of nitrogens with zero attached hydrogens (tertiary/aromatic N) is 2. The molecule has 0 bridgehead atoms. The number of halogens is 2. The molecule has 0 radical (unpaired) electrons. The maximum Gasteiger partial charge on any atom is 0.159 e. The number of aryl methyl sites for hydroxylation is 2. The van der Waals surface area contributed by atoms with Crippen molar-refractivity contribution >= 4 is 0 Å². The first kappa shape index (κ1) is 11.7. The molecule has 90 valence electrons. The minimum atomic E-state index is -0.889. The van der Waals surface area contributed by atoms with E-state index in [1.807, 2.05) is 6.92 Å². The Kier molecular flexibility index (Phi) is 2.93. The highest BCUT2D eigenvalue weighted by Crippen LogP contribution is 2.23. The van der Waals surface area contributed by atoms with Crippen LogP contribution in [0.4, 0.5) is 8.78 Å². The van der Waals surface area contributed by atoms with Gasteiger partial charge in [-0.2, -0.15) is 5.10 Å². The molecule has 1 heterocycles. The Balaban J connectivity index is 2.40. The highest BCUT2D eigenvalue weighted by atomic mass is 19.2. The number of aromatic nitrogens is 2. The summed E-state index contributed by atoms with van der Waals surface area (Å²) in [6, 6.07) is 3.18. The van der Waals surface area contributed by atoms with Gasteiger partial charge in [0.25, 0.3) is 0 Å². The fourth-order valence-electron chi connectivity index (χ4n) is 1.81. The minimum absolute atomic E-state index is 0.501. The zero-order valence-corrected chi connectivity index (χ0v) is 9.61. The minimum Gasteiger partial charge on any atom is -0.320 e. The van der Waals surface area contributed by atoms with E-state index in [1.54, 1.807) is 17.9 Å². The molecular formula is C12H13F2N3. The van der Waals surface area contributed by atoms with Gasteiger partial charge in [0.05, 0.1) is 11.7 Å². The molecule has 0 saturated carbocycles. The third-order valence-corrected chi connectivity index (χ3v) is 2.69. The van der Waals surface area contributed by atoms with Gasteiger partial charge in [-0.15, -0.1) is 0 Å². The first-order valence-electron chi connectivity index (χ1n) is 5.19. The van der Waals surface area contributed by atoms with Crippen LogP contribution in [0, 0.1) is 18.6 Å². The van der Waals surface area contributed by atoms with Crippen molar-refractivity contribution in [1.29, 1.82) is 0 Å². The summed E-state index contributed by atoms with van der Waals surface area (Å²) in [5, 5.41) is 4.17. The number of rotatable bonds is 2. The summed E-state index contributed by atoms with van der Waals surface area (Å²) in [6.45, 7) is 1.83. The van der Waals surface area contributed by atoms with Gasteiger partial charge < -0.3 is 5.73 Å². The van der Waals surface area contributed by atoms with Crippen LogP contribution in [0.5, 0.6) is 0 Å². The predicted molar refractivity (Wildman–Crippen MR) is 60.3 cm³/mol. The molecule has 1 unspecified atom stereocenters. The average molecular weight is 237 g/mol. The first-order chi connectivity index (χ1) is 7.99. The highest BCUT2D eigenvalue weighted by molar-refractivity contribution is 5.32. The molecule has 2 N–H and O–H groups in total. The monoisotopic (exact) mass is 237 g/mol. The van der Waals surface area contributed by atoms with E-state index in [0.717, 1.165) is 23.4 Å². The molecule has 2 aromatic rings. The topological polar surface area (TPSA) is 43.8 Å². The molecule has 0 amide bonds. The second-order valence-electron chi connectivity index (χ2n) is 3.99. The van der Waals surface area contributed by atoms with Crippen molar-refractivity contribution in [3.63, 3.8) is 0 Å². The lowest BCUT2D eigenvalue weighted by atomic mass is 10.0. The van der Waals surface area contributed by atoms with Gasteiger partial charge in [0.15, 0.2) is 11.6 Å². The maximum absolute atomic E-state index is 13.1. The molecule has 17 heavy (non-hydrogen) atoms. The van der Waals surface area contributed by atoms with E-state index in [2.05, 4.69) is 5.10 Å². The van der Waals surface area contributed by atoms with Crippen molar-refractivity contribution in [1.82, 2.24) is 9.78 Å². The molecule has 1 atom stereocenters. The molecule has 1 aromatic heterocycles. The van der Waals surface area contributed by atoms with Crippen LogP contribution in [0.1, 0.15) is 22.9 Å². The molecule has 0 aliphatic heterocycles. The van der Waals surface area contributed by atoms with Crippen molar-refractivity contribution in [2.45, 2.75) is 13.0 Å². The van der Waals surface area contributed by atoms with Gasteiger partial charge in [0.1, 0.15) is 0 Å². The lowest BCUT2D eigenvalue weighted by Gasteiger charge is -2.11. The molecule has 0 aliphatic rings. The average Bonchev–Trinajstić information content (AvgIpc) is 2.61. The molecule has 0 saturated heterocycles. The van der Waals surface area contributed by atoms with Crippen LogP contribution < -0.4 is 5.73 Å². The number of nitrogens with two attached hydrogens (primary N) is 1. The van der Waals surface area contributed by atoms with Gasteiger partial charge in [-0.3, -0.25) is 4.68 Å². The summed E-state index contributed by atoms with van der Waals surface area (Å²) in [5.74, 6) is -1.76. The third kappa shape index (κ3) is 2.19. The van der Waals surface area contributed by atoms with Crippen LogP contribution >= 0.6 is 0 Å². The Morgan fingerprint density at radius 3 is 2.53 bits per heavy atom. The van der Waals surface area contributed by atoms with Crippen molar-refractivity contribution in [3.05, 3.63) is 52.9 Å². The summed E-state index contributed by atoms with van der Waals surface area (Å²) < 4.78 is 27.6. The van der Waals surface area contributed by atoms with E-state index in [0.29, 0.717) is 5.56 Å². The predicted octanol–water partition coefficient (Wildman–Crippen LogP) is 2.05. The Morgan fingerprint density at radius 1 is 1.29 bits per heavy atom. The van der Waals surface area contributed by atoms with Crippen molar-refractivity contribution in [3.8, 4) is 0 Å². The molecule has 0 spiro atoms. The lowest BCUT2D eigenvalue weighted by molar-refractivity contribution is 0.506. The molecule has 5 heteroatoms. The van der Waals surface area contributed by atoms with Crippen LogP contribution in [0.3, 0.4) is 0 Å². The van der Waals surface area contributed by atoms with Gasteiger partial charge in [-0.1, -0.05) is 6.07 Å². The fraction of sp³-hybridized carbons (Fsp3) is 0.250. The smallest absolute Gasteiger partial charge is 0.159 e. The summed E-state index contributed by atoms with van der Waals surface area (Å²) in [5.41, 5.74) is 8.12. The van der Waals surface area contributed by atoms with Gasteiger partial charge in [-0.05, 0) is 24.6 Å². The normalized spacial score (nSPS) is 12.8. The van der Waals surface area contributed by atoms with Crippen LogP contribution in [-0.2, 0) is 7.05 Å². The zero-order chi connectivity index (χ0) is 12.6. The molecule has 0 aliphatic carbocycles. The fourth-order valence-corrected chi connectivity index (χ4v) is 1.81. The van der Waals surface area contributed by atoms with Gasteiger partial charge in [0, 0.05) is 18.8 Å². The SMILES string of the molecule is Cc1nn(C)cc1C(N)c1ccc(F)c(F)c1. The Hall–Kier alpha value is -1.75. The molecule has 0 fully saturated rings. The van der Waals surface area contributed by atoms with E-state index in [4.69, 9.17) is 5.73 Å². The van der Waals surface area contributed by atoms with Gasteiger partial charge in [-0.25, -0.2) is 8.78 Å². The second-order valence-corrected chi connectivity index (χ2v) is 3.99. The largest absolute Gasteiger partial charge is 0.320 e. The summed E-state index contributed by atoms with van der Waals surface area (Å²) in [7, 11) is 1.79. The van der Waals surface area contributed by atoms with Crippen molar-refractivity contribution in [2.75, 3.05) is 0 Å². The van der Waals surface area contributed by atoms with Gasteiger partial charge in [0.2, 0.25) is 0 Å². The Morgan fingerprint density at radius 2 is 2.00 bits per heavy atom. The van der Waals surface area contributed by atoms with E-state index >= 15 is 0 Å². The third-order valence-electron chi connectivity index (χ3n) is 2.69. The summed E-state index contributed by atoms with van der Waals surface area (Å²) >= 11 is 0. The van der Waals surface area contributed by atoms with E-state index in [1.165, 1.54) is 6.07 Å². The van der Waals surface area contributed by atoms with E-state index in [9.17, 15) is 8.78 Å². The highest BCUT2D eigenvalue weighted by Gasteiger charge is 2.15. The maximum atomic E-state index is 13.1. The number of hydrogen-bond acceptors (Lipinski definition) is 2. The van der Waals surface area contributed by atoms with Crippen LogP contribution in [0.2, 0.25) is 0 Å². The van der Waals surface area contributed by atoms with Crippen LogP contribution in [0.25, 0.3) is 0 Å². The molecule has 2 rings (SSSR count). The molecule has 1 aromatic carbocycles. The zero-order valence-electron chi connectivity index (χ0n) is 9.61. The molecule has 3 nitrogen and oxygen atoms in total. The number of benzene rings is 1. The van der Waals surface area contributed by atoms with Crippen LogP contribution in [-0.4, -0.2) is 9.78 Å². The van der Waals surface area contributed by atoms with Gasteiger partial charge >= 0.3 is 0 Å².